The topological polar surface area (TPSA) is 210 Å². The Labute approximate surface area is 424 Å². The Kier molecular flexibility index (Phi) is 11.4. The van der Waals surface area contributed by atoms with E-state index in [0.29, 0.717) is 51.6 Å². The van der Waals surface area contributed by atoms with Gasteiger partial charge in [-0.25, -0.2) is 22.6 Å². The maximum absolute atomic E-state index is 15.4. The van der Waals surface area contributed by atoms with Gasteiger partial charge in [-0.3, -0.25) is 19.4 Å². The number of ether oxygens (including phenoxy) is 2. The van der Waals surface area contributed by atoms with Gasteiger partial charge in [-0.05, 0) is 58.7 Å². The molecule has 0 saturated carbocycles. The number of aliphatic hydroxyl groups is 1. The molecule has 0 bridgehead atoms. The average Bonchev–Trinajstić information content (AvgIpc) is 4.27. The van der Waals surface area contributed by atoms with Crippen molar-refractivity contribution in [2.75, 3.05) is 0 Å². The van der Waals surface area contributed by atoms with Crippen LogP contribution in [0.3, 0.4) is 0 Å². The van der Waals surface area contributed by atoms with Crippen LogP contribution in [0.2, 0.25) is 0 Å². The Morgan fingerprint density at radius 2 is 1.16 bits per heavy atom. The molecule has 0 radical (unpaired) electrons. The largest absolute Gasteiger partial charge is 0.459 e. The van der Waals surface area contributed by atoms with Crippen molar-refractivity contribution in [3.05, 3.63) is 175 Å². The first-order valence-corrected chi connectivity index (χ1v) is 24.6. The number of aliphatic imine (C=N–C) groups is 2. The summed E-state index contributed by atoms with van der Waals surface area (Å²) in [6.07, 6.45) is -0.451. The first-order chi connectivity index (χ1) is 35.3. The Hall–Kier alpha value is -8.73. The van der Waals surface area contributed by atoms with E-state index in [1.807, 2.05) is 0 Å². The number of esters is 2. The number of nitriles is 4. The standard InChI is InChI=1S/C53H22F4N6O6S4/c54-31-11-27-29(13-33(31)56)44(64)42(39(27)25(17-58)18-59)62-37-15-35-41(53(37,51(66)68-21-23-7-3-1-4-8-23)52(67)69-22-24-9-5-2-6-10-24)47-49(70-35)50-48(73-47)46-36(71-50)16-38(72-46)63-43-40(26(19-60)20-61)28-12-32(55)34(57)14-30(28)45(43)65/h1-16,44,64H,21-22H2. The summed E-state index contributed by atoms with van der Waals surface area (Å²) in [5.41, 5.74) is -5.16. The molecular formula is C53H22F4N6O6S4. The predicted molar refractivity (Wildman–Crippen MR) is 265 cm³/mol. The molecule has 12 nitrogen and oxygen atoms in total. The van der Waals surface area contributed by atoms with Gasteiger partial charge in [0.25, 0.3) is 0 Å². The van der Waals surface area contributed by atoms with Crippen LogP contribution in [0.1, 0.15) is 54.7 Å². The van der Waals surface area contributed by atoms with Crippen LogP contribution in [0.15, 0.2) is 118 Å². The number of allylic oxidation sites excluding steroid dienone is 3. The molecule has 4 aromatic carbocycles. The van der Waals surface area contributed by atoms with Crippen molar-refractivity contribution in [3.63, 3.8) is 0 Å². The zero-order valence-electron chi connectivity index (χ0n) is 36.5. The van der Waals surface area contributed by atoms with Gasteiger partial charge in [0.05, 0.1) is 34.9 Å². The fourth-order valence-corrected chi connectivity index (χ4v) is 14.8. The van der Waals surface area contributed by atoms with Crippen LogP contribution in [0.5, 0.6) is 0 Å². The molecule has 1 atom stereocenters. The zero-order chi connectivity index (χ0) is 51.0. The molecule has 0 fully saturated rings. The summed E-state index contributed by atoms with van der Waals surface area (Å²) >= 11 is 4.85. The van der Waals surface area contributed by atoms with Crippen molar-refractivity contribution in [1.29, 1.82) is 21.0 Å². The lowest BCUT2D eigenvalue weighted by molar-refractivity contribution is -0.164. The van der Waals surface area contributed by atoms with Gasteiger partial charge >= 0.3 is 11.9 Å². The van der Waals surface area contributed by atoms with E-state index in [9.17, 15) is 48.5 Å². The van der Waals surface area contributed by atoms with Crippen LogP contribution in [-0.2, 0) is 37.7 Å². The number of fused-ring (bicyclic) bond motifs is 9. The van der Waals surface area contributed by atoms with Gasteiger partial charge in [-0.1, -0.05) is 60.7 Å². The molecule has 1 N–H and O–H groups in total. The average molecular weight is 1040 g/mol. The number of carbonyl (C=O) groups is 3. The number of halogens is 4. The molecule has 4 aromatic heterocycles. The lowest BCUT2D eigenvalue weighted by Crippen LogP contribution is -2.46. The highest BCUT2D eigenvalue weighted by atomic mass is 32.1. The quantitative estimate of drug-likeness (QED) is 0.0658. The van der Waals surface area contributed by atoms with Crippen molar-refractivity contribution >= 4 is 125 Å². The minimum Gasteiger partial charge on any atom is -0.459 e. The third-order valence-corrected chi connectivity index (χ3v) is 17.5. The maximum Gasteiger partial charge on any atom is 0.334 e. The highest BCUT2D eigenvalue weighted by Crippen LogP contribution is 2.59. The van der Waals surface area contributed by atoms with Crippen molar-refractivity contribution in [2.45, 2.75) is 24.7 Å². The van der Waals surface area contributed by atoms with Crippen molar-refractivity contribution < 1.29 is 46.5 Å². The molecule has 0 aliphatic heterocycles. The van der Waals surface area contributed by atoms with E-state index in [1.165, 1.54) is 40.1 Å². The second-order valence-electron chi connectivity index (χ2n) is 16.3. The lowest BCUT2D eigenvalue weighted by Gasteiger charge is -2.28. The van der Waals surface area contributed by atoms with Gasteiger partial charge < -0.3 is 14.6 Å². The molecule has 3 aliphatic carbocycles. The zero-order valence-corrected chi connectivity index (χ0v) is 39.8. The summed E-state index contributed by atoms with van der Waals surface area (Å²) < 4.78 is 74.4. The summed E-state index contributed by atoms with van der Waals surface area (Å²) in [5.74, 6) is -8.39. The highest BCUT2D eigenvalue weighted by molar-refractivity contribution is 7.45. The smallest absolute Gasteiger partial charge is 0.334 e. The number of carbonyl (C=O) groups excluding carboxylic acids is 3. The van der Waals surface area contributed by atoms with E-state index in [4.69, 9.17) is 14.5 Å². The third kappa shape index (κ3) is 7.23. The number of benzene rings is 4. The first-order valence-electron chi connectivity index (χ1n) is 21.4. The molecule has 73 heavy (non-hydrogen) atoms. The normalized spacial score (nSPS) is 16.3. The first kappa shape index (κ1) is 46.6. The number of Topliss-reactive ketones (excluding diaryl/α,β-unsaturated/α-hetero) is 1. The minimum atomic E-state index is -2.59. The van der Waals surface area contributed by atoms with Crippen LogP contribution < -0.4 is 0 Å². The second-order valence-corrected chi connectivity index (χ2v) is 20.5. The lowest BCUT2D eigenvalue weighted by atomic mass is 9.81. The fourth-order valence-electron chi connectivity index (χ4n) is 9.02. The summed E-state index contributed by atoms with van der Waals surface area (Å²) in [5, 5.41) is 51.9. The van der Waals surface area contributed by atoms with Gasteiger partial charge in [0.1, 0.15) is 65.5 Å². The van der Waals surface area contributed by atoms with Crippen LogP contribution in [0.4, 0.5) is 22.6 Å². The van der Waals surface area contributed by atoms with Crippen LogP contribution >= 0.6 is 45.3 Å². The van der Waals surface area contributed by atoms with E-state index >= 15 is 9.59 Å². The number of thiophene rings is 4. The molecule has 1 unspecified atom stereocenters. The number of nitrogens with zero attached hydrogens (tertiary/aromatic N) is 6. The van der Waals surface area contributed by atoms with Crippen molar-refractivity contribution in [3.8, 4) is 24.3 Å². The molecule has 0 amide bonds. The number of rotatable bonds is 8. The van der Waals surface area contributed by atoms with Gasteiger partial charge in [0.15, 0.2) is 23.3 Å². The van der Waals surface area contributed by atoms with Gasteiger partial charge in [-0.15, -0.1) is 45.3 Å². The van der Waals surface area contributed by atoms with Crippen LogP contribution in [-0.4, -0.2) is 34.3 Å². The van der Waals surface area contributed by atoms with Gasteiger partial charge in [0.2, 0.25) is 11.2 Å². The van der Waals surface area contributed by atoms with Crippen molar-refractivity contribution in [2.24, 2.45) is 9.98 Å². The number of hydrogen-bond acceptors (Lipinski definition) is 16. The van der Waals surface area contributed by atoms with Gasteiger partial charge in [-0.2, -0.15) is 21.0 Å². The van der Waals surface area contributed by atoms with Crippen LogP contribution in [0.25, 0.3) is 45.4 Å². The second kappa shape index (κ2) is 17.8. The molecule has 0 spiro atoms. The Balaban J connectivity index is 1.11. The SMILES string of the molecule is N#CC(C#N)=C1C(=Nc2cc3sc4c5sc6c(c5sc4c3s2)C(C(=O)OCc2ccccc2)(C(=O)OCc2ccccc2)C(N=C2C(=C(C#N)C#N)c3cc(F)c(F)cc3C2O)=C6)C(=O)c2cc(F)c(F)cc21. The molecular weight excluding hydrogens is 1020 g/mol. The monoisotopic (exact) mass is 1040 g/mol. The molecule has 3 aliphatic rings. The highest BCUT2D eigenvalue weighted by Gasteiger charge is 2.60. The predicted octanol–water partition coefficient (Wildman–Crippen LogP) is 11.8. The molecule has 4 heterocycles. The van der Waals surface area contributed by atoms with E-state index in [2.05, 4.69) is 4.99 Å². The minimum absolute atomic E-state index is 0.110. The summed E-state index contributed by atoms with van der Waals surface area (Å²) in [6.45, 7) is -0.659. The molecule has 8 aromatic rings. The Bertz CT molecular complexity index is 4090. The number of aliphatic hydroxyl groups excluding tert-OH is 1. The maximum atomic E-state index is 15.4. The number of hydrogen-bond donors (Lipinski definition) is 1. The molecule has 352 valence electrons. The van der Waals surface area contributed by atoms with E-state index in [1.54, 1.807) is 91.0 Å². The third-order valence-electron chi connectivity index (χ3n) is 12.3. The van der Waals surface area contributed by atoms with E-state index < -0.39 is 69.4 Å². The summed E-state index contributed by atoms with van der Waals surface area (Å²) in [6, 6.07) is 28.6. The Morgan fingerprint density at radius 1 is 0.630 bits per heavy atom. The fraction of sp³-hybridized carbons (Fsp3) is 0.0755. The summed E-state index contributed by atoms with van der Waals surface area (Å²) in [4.78, 5) is 54.1. The van der Waals surface area contributed by atoms with E-state index in [-0.39, 0.29) is 68.6 Å². The molecule has 0 saturated heterocycles. The Morgan fingerprint density at radius 3 is 1.77 bits per heavy atom. The summed E-state index contributed by atoms with van der Waals surface area (Å²) in [7, 11) is 0. The molecule has 11 rings (SSSR count). The number of ketones is 1. The van der Waals surface area contributed by atoms with E-state index in [0.717, 1.165) is 28.2 Å². The van der Waals surface area contributed by atoms with Crippen LogP contribution in [0, 0.1) is 68.6 Å². The molecule has 20 heteroatoms. The van der Waals surface area contributed by atoms with Crippen molar-refractivity contribution in [1.82, 2.24) is 0 Å². The van der Waals surface area contributed by atoms with Gasteiger partial charge in [0, 0.05) is 37.4 Å².